The fourth-order valence-corrected chi connectivity index (χ4v) is 2.58. The zero-order valence-electron chi connectivity index (χ0n) is 11.4. The van der Waals surface area contributed by atoms with Crippen molar-refractivity contribution in [2.75, 3.05) is 7.11 Å². The van der Waals surface area contributed by atoms with Crippen LogP contribution in [0.5, 0.6) is 0 Å². The molecule has 0 bridgehead atoms. The van der Waals surface area contributed by atoms with Crippen molar-refractivity contribution in [2.24, 2.45) is 0 Å². The zero-order valence-corrected chi connectivity index (χ0v) is 12.2. The summed E-state index contributed by atoms with van der Waals surface area (Å²) in [5.41, 5.74) is 1.51. The van der Waals surface area contributed by atoms with Gasteiger partial charge >= 0.3 is 5.97 Å². The molecule has 5 heteroatoms. The SMILES string of the molecule is COC(=O)C(C)NCc1ccc(F)c(-c2cccs2)c1. The molecule has 0 saturated carbocycles. The number of nitrogens with one attached hydrogen (secondary N) is 1. The molecule has 1 heterocycles. The predicted molar refractivity (Wildman–Crippen MR) is 78.0 cm³/mol. The Morgan fingerprint density at radius 3 is 2.90 bits per heavy atom. The average molecular weight is 293 g/mol. The van der Waals surface area contributed by atoms with E-state index in [9.17, 15) is 9.18 Å². The molecule has 0 fully saturated rings. The molecule has 1 N–H and O–H groups in total. The van der Waals surface area contributed by atoms with Crippen molar-refractivity contribution in [3.05, 3.63) is 47.1 Å². The van der Waals surface area contributed by atoms with Crippen molar-refractivity contribution in [2.45, 2.75) is 19.5 Å². The minimum atomic E-state index is -0.393. The Kier molecular flexibility index (Phi) is 4.87. The molecule has 0 aliphatic rings. The number of methoxy groups -OCH3 is 1. The highest BCUT2D eigenvalue weighted by Crippen LogP contribution is 2.28. The van der Waals surface area contributed by atoms with Gasteiger partial charge in [0.1, 0.15) is 11.9 Å². The van der Waals surface area contributed by atoms with Gasteiger partial charge in [0, 0.05) is 17.0 Å². The van der Waals surface area contributed by atoms with Crippen LogP contribution in [-0.2, 0) is 16.1 Å². The summed E-state index contributed by atoms with van der Waals surface area (Å²) in [5, 5.41) is 4.96. The van der Waals surface area contributed by atoms with Gasteiger partial charge in [-0.2, -0.15) is 0 Å². The smallest absolute Gasteiger partial charge is 0.322 e. The van der Waals surface area contributed by atoms with E-state index in [4.69, 9.17) is 0 Å². The van der Waals surface area contributed by atoms with Crippen molar-refractivity contribution < 1.29 is 13.9 Å². The molecule has 20 heavy (non-hydrogen) atoms. The van der Waals surface area contributed by atoms with Crippen LogP contribution in [0.1, 0.15) is 12.5 Å². The Balaban J connectivity index is 2.10. The molecular weight excluding hydrogens is 277 g/mol. The summed E-state index contributed by atoms with van der Waals surface area (Å²) in [6.45, 7) is 2.21. The van der Waals surface area contributed by atoms with Gasteiger partial charge in [-0.3, -0.25) is 4.79 Å². The summed E-state index contributed by atoms with van der Waals surface area (Å²) < 4.78 is 18.5. The second-order valence-electron chi connectivity index (χ2n) is 4.42. The van der Waals surface area contributed by atoms with Crippen LogP contribution in [-0.4, -0.2) is 19.1 Å². The third kappa shape index (κ3) is 3.43. The second-order valence-corrected chi connectivity index (χ2v) is 5.36. The van der Waals surface area contributed by atoms with Crippen LogP contribution in [0.2, 0.25) is 0 Å². The van der Waals surface area contributed by atoms with Gasteiger partial charge in [0.2, 0.25) is 0 Å². The van der Waals surface area contributed by atoms with Gasteiger partial charge in [0.05, 0.1) is 7.11 Å². The van der Waals surface area contributed by atoms with Crippen molar-refractivity contribution in [3.63, 3.8) is 0 Å². The van der Waals surface area contributed by atoms with Crippen LogP contribution in [0, 0.1) is 5.82 Å². The molecule has 0 radical (unpaired) electrons. The van der Waals surface area contributed by atoms with Crippen LogP contribution in [0.3, 0.4) is 0 Å². The van der Waals surface area contributed by atoms with E-state index in [1.165, 1.54) is 24.5 Å². The number of esters is 1. The highest BCUT2D eigenvalue weighted by molar-refractivity contribution is 7.13. The van der Waals surface area contributed by atoms with Crippen LogP contribution >= 0.6 is 11.3 Å². The van der Waals surface area contributed by atoms with Gasteiger partial charge in [-0.25, -0.2) is 4.39 Å². The maximum Gasteiger partial charge on any atom is 0.322 e. The first-order valence-corrected chi connectivity index (χ1v) is 7.13. The lowest BCUT2D eigenvalue weighted by Crippen LogP contribution is -2.34. The van der Waals surface area contributed by atoms with E-state index < -0.39 is 6.04 Å². The Labute approximate surface area is 121 Å². The molecule has 0 saturated heterocycles. The molecule has 0 amide bonds. The predicted octanol–water partition coefficient (Wildman–Crippen LogP) is 3.21. The number of carbonyl (C=O) groups is 1. The van der Waals surface area contributed by atoms with Gasteiger partial charge in [0.15, 0.2) is 0 Å². The lowest BCUT2D eigenvalue weighted by molar-refractivity contribution is -0.142. The maximum absolute atomic E-state index is 13.8. The van der Waals surface area contributed by atoms with E-state index in [0.717, 1.165) is 10.4 Å². The average Bonchev–Trinajstić information content (AvgIpc) is 2.99. The fraction of sp³-hybridized carbons (Fsp3) is 0.267. The molecule has 2 rings (SSSR count). The lowest BCUT2D eigenvalue weighted by Gasteiger charge is -2.12. The maximum atomic E-state index is 13.8. The van der Waals surface area contributed by atoms with Gasteiger partial charge in [0.25, 0.3) is 0 Å². The van der Waals surface area contributed by atoms with E-state index in [1.807, 2.05) is 17.5 Å². The molecule has 1 unspecified atom stereocenters. The third-order valence-electron chi connectivity index (χ3n) is 2.98. The molecule has 0 spiro atoms. The van der Waals surface area contributed by atoms with Crippen LogP contribution in [0.25, 0.3) is 10.4 Å². The Morgan fingerprint density at radius 1 is 1.45 bits per heavy atom. The largest absolute Gasteiger partial charge is 0.468 e. The Hall–Kier alpha value is -1.72. The van der Waals surface area contributed by atoms with Gasteiger partial charge < -0.3 is 10.1 Å². The van der Waals surface area contributed by atoms with E-state index >= 15 is 0 Å². The summed E-state index contributed by atoms with van der Waals surface area (Å²) in [7, 11) is 1.35. The molecular formula is C15H16FNO2S. The number of ether oxygens (including phenoxy) is 1. The third-order valence-corrected chi connectivity index (χ3v) is 3.89. The summed E-state index contributed by atoms with van der Waals surface area (Å²) in [5.74, 6) is -0.553. The van der Waals surface area contributed by atoms with Crippen molar-refractivity contribution in [3.8, 4) is 10.4 Å². The number of halogens is 1. The van der Waals surface area contributed by atoms with Gasteiger partial charge in [-0.15, -0.1) is 11.3 Å². The van der Waals surface area contributed by atoms with E-state index in [0.29, 0.717) is 12.1 Å². The normalized spacial score (nSPS) is 12.2. The fourth-order valence-electron chi connectivity index (χ4n) is 1.83. The molecule has 1 atom stereocenters. The number of hydrogen-bond donors (Lipinski definition) is 1. The van der Waals surface area contributed by atoms with Crippen molar-refractivity contribution in [1.29, 1.82) is 0 Å². The molecule has 1 aromatic heterocycles. The van der Waals surface area contributed by atoms with E-state index in [1.54, 1.807) is 19.1 Å². The molecule has 0 aliphatic heterocycles. The van der Waals surface area contributed by atoms with Crippen LogP contribution < -0.4 is 5.32 Å². The first-order chi connectivity index (χ1) is 9.61. The zero-order chi connectivity index (χ0) is 14.5. The molecule has 106 valence electrons. The minimum Gasteiger partial charge on any atom is -0.468 e. The quantitative estimate of drug-likeness (QED) is 0.860. The van der Waals surface area contributed by atoms with Crippen molar-refractivity contribution >= 4 is 17.3 Å². The van der Waals surface area contributed by atoms with Gasteiger partial charge in [-0.05, 0) is 36.1 Å². The number of benzene rings is 1. The summed E-state index contributed by atoms with van der Waals surface area (Å²) in [4.78, 5) is 12.2. The van der Waals surface area contributed by atoms with Crippen LogP contribution in [0.4, 0.5) is 4.39 Å². The van der Waals surface area contributed by atoms with E-state index in [-0.39, 0.29) is 11.8 Å². The first-order valence-electron chi connectivity index (χ1n) is 6.25. The second kappa shape index (κ2) is 6.63. The standard InChI is InChI=1S/C15H16FNO2S/c1-10(15(18)19-2)17-9-11-5-6-13(16)12(8-11)14-4-3-7-20-14/h3-8,10,17H,9H2,1-2H3. The summed E-state index contributed by atoms with van der Waals surface area (Å²) in [6, 6.07) is 8.35. The minimum absolute atomic E-state index is 0.239. The van der Waals surface area contributed by atoms with Crippen molar-refractivity contribution in [1.82, 2.24) is 5.32 Å². The first kappa shape index (κ1) is 14.7. The lowest BCUT2D eigenvalue weighted by atomic mass is 10.1. The summed E-state index contributed by atoms with van der Waals surface area (Å²) in [6.07, 6.45) is 0. The monoisotopic (exact) mass is 293 g/mol. The number of carbonyl (C=O) groups excluding carboxylic acids is 1. The summed E-state index contributed by atoms with van der Waals surface area (Å²) >= 11 is 1.50. The number of rotatable bonds is 5. The molecule has 1 aromatic carbocycles. The Morgan fingerprint density at radius 2 is 2.25 bits per heavy atom. The number of hydrogen-bond acceptors (Lipinski definition) is 4. The number of thiophene rings is 1. The topological polar surface area (TPSA) is 38.3 Å². The molecule has 2 aromatic rings. The Bertz CT molecular complexity index is 584. The highest BCUT2D eigenvalue weighted by atomic mass is 32.1. The van der Waals surface area contributed by atoms with Gasteiger partial charge in [-0.1, -0.05) is 12.1 Å². The van der Waals surface area contributed by atoms with Crippen LogP contribution in [0.15, 0.2) is 35.7 Å². The van der Waals surface area contributed by atoms with E-state index in [2.05, 4.69) is 10.1 Å². The highest BCUT2D eigenvalue weighted by Gasteiger charge is 2.13. The molecule has 0 aliphatic carbocycles. The molecule has 3 nitrogen and oxygen atoms in total.